The van der Waals surface area contributed by atoms with Crippen LogP contribution in [0.3, 0.4) is 0 Å². The smallest absolute Gasteiger partial charge is 0.248 e. The number of hydrogen-bond donors (Lipinski definition) is 3. The number of fused-ring (bicyclic) bond motifs is 1. The highest BCUT2D eigenvalue weighted by atomic mass is 16.5. The largest absolute Gasteiger partial charge is 0.488 e. The molecule has 2 saturated heterocycles. The van der Waals surface area contributed by atoms with Gasteiger partial charge in [0.1, 0.15) is 24.5 Å². The Kier molecular flexibility index (Phi) is 9.49. The second kappa shape index (κ2) is 14.2. The summed E-state index contributed by atoms with van der Waals surface area (Å²) in [6.07, 6.45) is 8.42. The molecule has 45 heavy (non-hydrogen) atoms. The number of rotatable bonds is 9. The summed E-state index contributed by atoms with van der Waals surface area (Å²) in [6.45, 7) is 4.04. The van der Waals surface area contributed by atoms with E-state index in [1.165, 1.54) is 0 Å². The van der Waals surface area contributed by atoms with Crippen LogP contribution in [0, 0.1) is 11.3 Å². The summed E-state index contributed by atoms with van der Waals surface area (Å²) in [5.41, 5.74) is 4.97. The van der Waals surface area contributed by atoms with E-state index in [1.54, 1.807) is 24.5 Å². The van der Waals surface area contributed by atoms with Gasteiger partial charge in [-0.15, -0.1) is 0 Å². The molecule has 4 heterocycles. The van der Waals surface area contributed by atoms with Gasteiger partial charge in [0.25, 0.3) is 0 Å². The fourth-order valence-corrected chi connectivity index (χ4v) is 5.58. The first-order valence-electron chi connectivity index (χ1n) is 15.4. The predicted molar refractivity (Wildman–Crippen MR) is 175 cm³/mol. The summed E-state index contributed by atoms with van der Waals surface area (Å²) in [5.74, 6) is 0.862. The van der Waals surface area contributed by atoms with E-state index in [0.29, 0.717) is 51.8 Å². The zero-order chi connectivity index (χ0) is 31.0. The lowest BCUT2D eigenvalue weighted by molar-refractivity contribution is -0.112. The second-order valence-corrected chi connectivity index (χ2v) is 11.5. The molecular formula is C35H37N7O3. The number of carbonyl (C=O) groups is 1. The van der Waals surface area contributed by atoms with Gasteiger partial charge >= 0.3 is 0 Å². The van der Waals surface area contributed by atoms with Crippen LogP contribution in [0.4, 0.5) is 17.1 Å². The Balaban J connectivity index is 1.29. The standard InChI is InChI=1S/C35H37N7O3/c1-42-15-11-28(12-16-42)45-32-19-30-29(18-31(32)41-33(43)17-24-9-13-37-14-10-24)35(26(20-36)21-38-30)40-27-7-8-34(39-22-27)44-23-25-5-3-2-4-6-25/h2-8,17-19,21-22,28,37H,9-16,23H2,1H3,(H,38,40)(H,41,43). The molecule has 2 aromatic carbocycles. The molecule has 0 aliphatic carbocycles. The molecule has 0 saturated carbocycles. The number of carbonyl (C=O) groups excluding carboxylic acids is 1. The Morgan fingerprint density at radius 3 is 2.62 bits per heavy atom. The number of anilines is 3. The molecule has 230 valence electrons. The van der Waals surface area contributed by atoms with Gasteiger partial charge in [0.2, 0.25) is 11.8 Å². The summed E-state index contributed by atoms with van der Waals surface area (Å²) < 4.78 is 12.3. The molecule has 0 atom stereocenters. The minimum absolute atomic E-state index is 0.0294. The Morgan fingerprint density at radius 1 is 1.09 bits per heavy atom. The molecule has 6 rings (SSSR count). The van der Waals surface area contributed by atoms with Gasteiger partial charge in [0.15, 0.2) is 0 Å². The highest BCUT2D eigenvalue weighted by Gasteiger charge is 2.22. The number of amides is 1. The van der Waals surface area contributed by atoms with Gasteiger partial charge in [-0.2, -0.15) is 5.26 Å². The SMILES string of the molecule is CN1CCC(Oc2cc3ncc(C#N)c(Nc4ccc(OCc5ccccc5)nc4)c3cc2NC(=O)C=C2CCNCC2)CC1. The topological polar surface area (TPSA) is 124 Å². The van der Waals surface area contributed by atoms with Crippen molar-refractivity contribution < 1.29 is 14.3 Å². The first kappa shape index (κ1) is 30.1. The molecule has 1 amide bonds. The van der Waals surface area contributed by atoms with Crippen molar-refractivity contribution in [2.75, 3.05) is 43.9 Å². The molecular weight excluding hydrogens is 566 g/mol. The summed E-state index contributed by atoms with van der Waals surface area (Å²) in [6, 6.07) is 19.5. The highest BCUT2D eigenvalue weighted by Crippen LogP contribution is 2.37. The van der Waals surface area contributed by atoms with E-state index < -0.39 is 0 Å². The first-order valence-corrected chi connectivity index (χ1v) is 15.4. The molecule has 0 bridgehead atoms. The number of nitrogens with one attached hydrogen (secondary N) is 3. The van der Waals surface area contributed by atoms with Crippen LogP contribution in [-0.2, 0) is 11.4 Å². The zero-order valence-electron chi connectivity index (χ0n) is 25.4. The summed E-state index contributed by atoms with van der Waals surface area (Å²) in [4.78, 5) is 24.5. The Bertz CT molecular complexity index is 1700. The monoisotopic (exact) mass is 603 g/mol. The van der Waals surface area contributed by atoms with Gasteiger partial charge in [-0.3, -0.25) is 9.78 Å². The lowest BCUT2D eigenvalue weighted by Crippen LogP contribution is -2.35. The van der Waals surface area contributed by atoms with E-state index >= 15 is 0 Å². The maximum Gasteiger partial charge on any atom is 0.248 e. The number of hydrogen-bond acceptors (Lipinski definition) is 9. The molecule has 3 N–H and O–H groups in total. The van der Waals surface area contributed by atoms with Gasteiger partial charge in [0.05, 0.1) is 34.3 Å². The van der Waals surface area contributed by atoms with Crippen molar-refractivity contribution in [2.45, 2.75) is 38.4 Å². The normalized spacial score (nSPS) is 15.7. The van der Waals surface area contributed by atoms with Crippen LogP contribution in [-0.4, -0.2) is 60.1 Å². The van der Waals surface area contributed by atoms with E-state index in [4.69, 9.17) is 9.47 Å². The summed E-state index contributed by atoms with van der Waals surface area (Å²) in [5, 5.41) is 20.4. The second-order valence-electron chi connectivity index (χ2n) is 11.5. The third-order valence-corrected chi connectivity index (χ3v) is 8.12. The van der Waals surface area contributed by atoms with E-state index in [1.807, 2.05) is 48.5 Å². The van der Waals surface area contributed by atoms with Crippen molar-refractivity contribution in [3.05, 3.63) is 89.8 Å². The van der Waals surface area contributed by atoms with Gasteiger partial charge in [-0.05, 0) is 63.5 Å². The van der Waals surface area contributed by atoms with Crippen molar-refractivity contribution in [1.29, 1.82) is 5.26 Å². The predicted octanol–water partition coefficient (Wildman–Crippen LogP) is 5.55. The molecule has 4 aromatic rings. The number of benzene rings is 2. The first-order chi connectivity index (χ1) is 22.0. The molecule has 10 nitrogen and oxygen atoms in total. The van der Waals surface area contributed by atoms with Crippen LogP contribution in [0.15, 0.2) is 78.6 Å². The number of nitrogens with zero attached hydrogens (tertiary/aromatic N) is 4. The maximum absolute atomic E-state index is 13.2. The number of ether oxygens (including phenoxy) is 2. The lowest BCUT2D eigenvalue weighted by atomic mass is 10.0. The van der Waals surface area contributed by atoms with E-state index in [-0.39, 0.29) is 12.0 Å². The minimum Gasteiger partial charge on any atom is -0.488 e. The number of nitriles is 1. The summed E-state index contributed by atoms with van der Waals surface area (Å²) in [7, 11) is 2.11. The fourth-order valence-electron chi connectivity index (χ4n) is 5.58. The number of pyridine rings is 2. The van der Waals surface area contributed by atoms with Crippen LogP contribution in [0.25, 0.3) is 10.9 Å². The third kappa shape index (κ3) is 7.76. The van der Waals surface area contributed by atoms with E-state index in [2.05, 4.69) is 43.9 Å². The van der Waals surface area contributed by atoms with Crippen LogP contribution in [0.2, 0.25) is 0 Å². The maximum atomic E-state index is 13.2. The molecule has 0 unspecified atom stereocenters. The van der Waals surface area contributed by atoms with Crippen molar-refractivity contribution >= 4 is 33.9 Å². The minimum atomic E-state index is -0.200. The third-order valence-electron chi connectivity index (χ3n) is 8.12. The van der Waals surface area contributed by atoms with Crippen molar-refractivity contribution in [2.24, 2.45) is 0 Å². The Labute approximate surface area is 263 Å². The van der Waals surface area contributed by atoms with Crippen LogP contribution in [0.1, 0.15) is 36.8 Å². The number of likely N-dealkylation sites (tertiary alicyclic amines) is 1. The number of aromatic nitrogens is 2. The average Bonchev–Trinajstić information content (AvgIpc) is 3.07. The molecule has 0 spiro atoms. The molecule has 2 aliphatic rings. The van der Waals surface area contributed by atoms with Gasteiger partial charge in [-0.25, -0.2) is 4.98 Å². The van der Waals surface area contributed by atoms with Crippen LogP contribution < -0.4 is 25.4 Å². The lowest BCUT2D eigenvalue weighted by Gasteiger charge is -2.30. The Morgan fingerprint density at radius 2 is 1.89 bits per heavy atom. The van der Waals surface area contributed by atoms with Crippen LogP contribution >= 0.6 is 0 Å². The van der Waals surface area contributed by atoms with E-state index in [0.717, 1.165) is 63.0 Å². The Hall–Kier alpha value is -4.98. The average molecular weight is 604 g/mol. The number of piperidine rings is 2. The van der Waals surface area contributed by atoms with Gasteiger partial charge in [-0.1, -0.05) is 35.9 Å². The summed E-state index contributed by atoms with van der Waals surface area (Å²) >= 11 is 0. The van der Waals surface area contributed by atoms with Crippen molar-refractivity contribution in [3.8, 4) is 17.7 Å². The quantitative estimate of drug-likeness (QED) is 0.211. The fraction of sp³-hybridized carbons (Fsp3) is 0.314. The highest BCUT2D eigenvalue weighted by molar-refractivity contribution is 6.05. The van der Waals surface area contributed by atoms with Gasteiger partial charge in [0, 0.05) is 42.9 Å². The van der Waals surface area contributed by atoms with E-state index in [9.17, 15) is 10.1 Å². The molecule has 2 fully saturated rings. The van der Waals surface area contributed by atoms with Crippen molar-refractivity contribution in [1.82, 2.24) is 20.2 Å². The molecule has 2 aromatic heterocycles. The molecule has 2 aliphatic heterocycles. The zero-order valence-corrected chi connectivity index (χ0v) is 25.4. The van der Waals surface area contributed by atoms with Crippen LogP contribution in [0.5, 0.6) is 11.6 Å². The molecule has 10 heteroatoms. The molecule has 0 radical (unpaired) electrons. The van der Waals surface area contributed by atoms with Crippen molar-refractivity contribution in [3.63, 3.8) is 0 Å². The van der Waals surface area contributed by atoms with Gasteiger partial charge < -0.3 is 30.3 Å².